The minimum absolute atomic E-state index is 0.211. The number of aliphatic hydroxyl groups is 11. The van der Waals surface area contributed by atoms with Crippen LogP contribution in [-0.4, -0.2) is 339 Å². The first kappa shape index (κ1) is 70.4. The summed E-state index contributed by atoms with van der Waals surface area (Å²) in [5, 5.41) is 119. The van der Waals surface area contributed by atoms with Crippen LogP contribution >= 0.6 is 0 Å². The van der Waals surface area contributed by atoms with Gasteiger partial charge in [-0.2, -0.15) is 16.8 Å². The molecule has 8 saturated heterocycles. The van der Waals surface area contributed by atoms with Crippen LogP contribution in [0.2, 0.25) is 0 Å². The number of methoxy groups -OCH3 is 1. The van der Waals surface area contributed by atoms with Crippen LogP contribution in [0.4, 0.5) is 0 Å². The van der Waals surface area contributed by atoms with Crippen molar-refractivity contribution in [2.45, 2.75) is 222 Å². The molecule has 0 aromatic rings. The molecule has 8 rings (SSSR count). The Morgan fingerprint density at radius 2 is 0.674 bits per heavy atom. The summed E-state index contributed by atoms with van der Waals surface area (Å²) >= 11 is 0. The van der Waals surface area contributed by atoms with Crippen LogP contribution < -0.4 is 22.9 Å². The Bertz CT molecular complexity index is 2330. The average Bonchev–Trinajstić information content (AvgIpc) is 3.36. The second-order valence-electron chi connectivity index (χ2n) is 21.7. The number of ether oxygens (including phenoxy) is 16. The Balaban J connectivity index is 0.812. The van der Waals surface area contributed by atoms with Crippen molar-refractivity contribution in [1.82, 2.24) is 0 Å². The van der Waals surface area contributed by atoms with E-state index in [0.29, 0.717) is 0 Å². The molecular formula is C45H80N4O35S2. The molecule has 502 valence electrons. The largest absolute Gasteiger partial charge is 0.397 e. The summed E-state index contributed by atoms with van der Waals surface area (Å²) in [5.74, 6) is 0. The fourth-order valence-corrected chi connectivity index (χ4v) is 11.4. The molecule has 86 heavy (non-hydrogen) atoms. The van der Waals surface area contributed by atoms with Gasteiger partial charge in [-0.1, -0.05) is 0 Å². The predicted octanol–water partition coefficient (Wildman–Crippen LogP) is -11.6. The third kappa shape index (κ3) is 17.6. The van der Waals surface area contributed by atoms with Crippen molar-refractivity contribution in [3.8, 4) is 0 Å². The Kier molecular flexibility index (Phi) is 25.0. The van der Waals surface area contributed by atoms with E-state index in [4.69, 9.17) is 98.7 Å². The fraction of sp³-hybridized carbons (Fsp3) is 1.00. The first-order valence-electron chi connectivity index (χ1n) is 27.4. The van der Waals surface area contributed by atoms with Gasteiger partial charge in [0.15, 0.2) is 50.3 Å². The molecule has 32 atom stereocenters. The summed E-state index contributed by atoms with van der Waals surface area (Å²) in [6.45, 7) is -5.01. The van der Waals surface area contributed by atoms with Crippen molar-refractivity contribution >= 4 is 20.8 Å². The molecule has 0 saturated carbocycles. The van der Waals surface area contributed by atoms with Crippen molar-refractivity contribution in [1.29, 1.82) is 0 Å². The zero-order valence-electron chi connectivity index (χ0n) is 45.9. The Morgan fingerprint density at radius 1 is 0.395 bits per heavy atom. The summed E-state index contributed by atoms with van der Waals surface area (Å²) in [6.07, 6.45) is -40.8. The topological polar surface area (TPSA) is 601 Å². The van der Waals surface area contributed by atoms with E-state index >= 15 is 0 Å². The monoisotopic (exact) mass is 1300 g/mol. The zero-order chi connectivity index (χ0) is 62.7. The predicted molar refractivity (Wildman–Crippen MR) is 268 cm³/mol. The van der Waals surface area contributed by atoms with Gasteiger partial charge in [-0.25, -0.2) is 8.37 Å². The quantitative estimate of drug-likeness (QED) is 0.0422. The SMILES string of the molecule is CO[C@H]1OC(CO)[C@@H](O[C@H]2C[C@H](O)C(O[C@@H]3OC(CO)[C@@H](O[C@H]4C[C@H](O)[C@H](O[C@@H]5OC(COS(=O)(=O)O)[C@@H](O[C@H]6C[C@H](O)[C@@H](O[C@@H]7OC(COS(=O)(=O)O)[C@@H](O[C@H]8C[C@H](O)[C@H](O)CO8)[C@H](O)C7N)CO6)[C@H](O)C5N)CO4)[C@H](O)C3N)CO2)[C@H](O)C1N. The van der Waals surface area contributed by atoms with Crippen molar-refractivity contribution in [3.05, 3.63) is 0 Å². The summed E-state index contributed by atoms with van der Waals surface area (Å²) in [7, 11) is -8.93. The lowest BCUT2D eigenvalue weighted by Gasteiger charge is -2.47. The lowest BCUT2D eigenvalue weighted by molar-refractivity contribution is -0.350. The van der Waals surface area contributed by atoms with Crippen LogP contribution in [0.5, 0.6) is 0 Å². The maximum Gasteiger partial charge on any atom is 0.397 e. The van der Waals surface area contributed by atoms with E-state index in [2.05, 4.69) is 8.37 Å². The minimum Gasteiger partial charge on any atom is -0.394 e. The average molecular weight is 1300 g/mol. The van der Waals surface area contributed by atoms with Gasteiger partial charge in [-0.05, 0) is 0 Å². The molecule has 21 N–H and O–H groups in total. The molecule has 41 heteroatoms. The van der Waals surface area contributed by atoms with Crippen LogP contribution in [0.1, 0.15) is 25.7 Å². The molecule has 8 aliphatic heterocycles. The number of hydrogen-bond acceptors (Lipinski definition) is 37. The number of rotatable bonds is 23. The van der Waals surface area contributed by atoms with Crippen LogP contribution in [0.25, 0.3) is 0 Å². The van der Waals surface area contributed by atoms with E-state index < -0.39 is 263 Å². The second-order valence-corrected chi connectivity index (χ2v) is 23.9. The van der Waals surface area contributed by atoms with Gasteiger partial charge in [-0.3, -0.25) is 9.11 Å². The highest BCUT2D eigenvalue weighted by Gasteiger charge is 2.54. The van der Waals surface area contributed by atoms with Crippen molar-refractivity contribution < 1.29 is 166 Å². The highest BCUT2D eigenvalue weighted by molar-refractivity contribution is 7.81. The molecule has 0 aliphatic carbocycles. The molecule has 8 aliphatic rings. The normalized spacial score (nSPS) is 48.4. The Hall–Kier alpha value is -1.50. The van der Waals surface area contributed by atoms with E-state index in [1.165, 1.54) is 7.11 Å². The molecule has 0 amide bonds. The van der Waals surface area contributed by atoms with Gasteiger partial charge in [-0.15, -0.1) is 0 Å². The number of hydrogen-bond donors (Lipinski definition) is 17. The lowest BCUT2D eigenvalue weighted by atomic mass is 9.96. The van der Waals surface area contributed by atoms with E-state index in [0.717, 1.165) is 0 Å². The minimum atomic E-state index is -5.16. The van der Waals surface area contributed by atoms with E-state index in [1.54, 1.807) is 0 Å². The molecule has 0 aromatic carbocycles. The first-order chi connectivity index (χ1) is 40.6. The highest BCUT2D eigenvalue weighted by Crippen LogP contribution is 2.35. The molecule has 0 radical (unpaired) electrons. The van der Waals surface area contributed by atoms with Gasteiger partial charge in [0.2, 0.25) is 0 Å². The summed E-state index contributed by atoms with van der Waals surface area (Å²) in [4.78, 5) is 0. The van der Waals surface area contributed by atoms with Crippen molar-refractivity contribution in [2.75, 3.05) is 60.0 Å². The van der Waals surface area contributed by atoms with Crippen molar-refractivity contribution in [3.63, 3.8) is 0 Å². The first-order valence-corrected chi connectivity index (χ1v) is 30.1. The summed E-state index contributed by atoms with van der Waals surface area (Å²) in [6, 6.07) is -5.47. The number of nitrogens with two attached hydrogens (primary N) is 4. The maximum atomic E-state index is 11.7. The van der Waals surface area contributed by atoms with Gasteiger partial charge in [0.1, 0.15) is 97.7 Å². The highest BCUT2D eigenvalue weighted by atomic mass is 32.3. The lowest BCUT2D eigenvalue weighted by Crippen LogP contribution is -2.66. The third-order valence-corrected chi connectivity index (χ3v) is 16.5. The van der Waals surface area contributed by atoms with E-state index in [9.17, 15) is 82.1 Å². The van der Waals surface area contributed by atoms with E-state index in [-0.39, 0.29) is 32.5 Å². The maximum absolute atomic E-state index is 11.7. The second kappa shape index (κ2) is 30.5. The van der Waals surface area contributed by atoms with Crippen LogP contribution in [-0.2, 0) is 105 Å². The van der Waals surface area contributed by atoms with Crippen LogP contribution in [0.15, 0.2) is 0 Å². The van der Waals surface area contributed by atoms with Crippen molar-refractivity contribution in [2.24, 2.45) is 22.9 Å². The molecule has 0 spiro atoms. The Labute approximate surface area is 491 Å². The number of aliphatic hydroxyl groups excluding tert-OH is 11. The molecule has 0 aromatic heterocycles. The molecule has 39 nitrogen and oxygen atoms in total. The fourth-order valence-electron chi connectivity index (χ4n) is 10.8. The van der Waals surface area contributed by atoms with Gasteiger partial charge in [0.25, 0.3) is 0 Å². The smallest absolute Gasteiger partial charge is 0.394 e. The Morgan fingerprint density at radius 3 is 0.965 bits per heavy atom. The van der Waals surface area contributed by atoms with Crippen LogP contribution in [0, 0.1) is 0 Å². The van der Waals surface area contributed by atoms with Gasteiger partial charge >= 0.3 is 20.8 Å². The van der Waals surface area contributed by atoms with Crippen LogP contribution in [0.3, 0.4) is 0 Å². The van der Waals surface area contributed by atoms with Gasteiger partial charge in [0.05, 0.1) is 101 Å². The van der Waals surface area contributed by atoms with E-state index in [1.807, 2.05) is 0 Å². The van der Waals surface area contributed by atoms with Gasteiger partial charge in [0, 0.05) is 32.8 Å². The summed E-state index contributed by atoms with van der Waals surface area (Å²) < 4.78 is 166. The molecule has 8 heterocycles. The standard InChI is InChI=1S/C45H80N4O35S2/c1-67-42-30(46)34(57)38(19(6-50)74-42)81-27-3-15(53)21(9-69-27)76-43-31(47)35(58)39(20(7-51)75-43)82-28-4-16(54)22(10-70-28)77-45-33(49)37(60)41(25(80-45)13-73-86(64,65)66)84-29-5-17(55)23(11-71-29)78-44-32(48)36(59)40(24(79-44)12-72-85(61,62)63)83-26-2-14(52)18(56)8-68-26/h14-45,50-60H,2-13,46-49H2,1H3,(H,61,62,63)(H,64,65,66)/t14-,15-,16-,17-,18+,19?,20?,21?,22+,23-,24?,25?,26-,27-,28-,29-,30?,31?,32?,33?,34+,35+,36+,37+,38+,39+,40+,41+,42-,43-,44+,45+/m0/s1. The molecular weight excluding hydrogens is 1220 g/mol. The molecule has 9 unspecified atom stereocenters. The summed E-state index contributed by atoms with van der Waals surface area (Å²) in [5.41, 5.74) is 25.0. The zero-order valence-corrected chi connectivity index (χ0v) is 47.5. The third-order valence-electron chi connectivity index (χ3n) is 15.7. The molecule has 8 fully saturated rings. The molecule has 0 bridgehead atoms. The van der Waals surface area contributed by atoms with Gasteiger partial charge < -0.3 is 155 Å².